The van der Waals surface area contributed by atoms with Crippen LogP contribution in [0, 0.1) is 0 Å². The fourth-order valence-electron chi connectivity index (χ4n) is 1.44. The van der Waals surface area contributed by atoms with Gasteiger partial charge in [-0.2, -0.15) is 0 Å². The maximum absolute atomic E-state index is 10.5. The molecule has 0 saturated heterocycles. The Morgan fingerprint density at radius 2 is 2.11 bits per heavy atom. The quantitative estimate of drug-likeness (QED) is 0.786. The Balaban J connectivity index is 1.86. The van der Waals surface area contributed by atoms with Crippen molar-refractivity contribution in [2.75, 3.05) is 0 Å². The summed E-state index contributed by atoms with van der Waals surface area (Å²) in [5.74, 6) is 0.0399. The van der Waals surface area contributed by atoms with Gasteiger partial charge in [0.05, 0.1) is 17.9 Å². The van der Waals surface area contributed by atoms with Gasteiger partial charge in [-0.1, -0.05) is 15.9 Å². The molecular formula is C13H12BrNO2S2. The Labute approximate surface area is 128 Å². The fourth-order valence-corrected chi connectivity index (χ4v) is 3.45. The lowest BCUT2D eigenvalue weighted by atomic mass is 10.2. The van der Waals surface area contributed by atoms with Crippen molar-refractivity contribution in [2.24, 2.45) is 0 Å². The van der Waals surface area contributed by atoms with E-state index in [1.54, 1.807) is 23.1 Å². The zero-order valence-electron chi connectivity index (χ0n) is 10.0. The first-order valence-electron chi connectivity index (χ1n) is 5.67. The average Bonchev–Trinajstić information content (AvgIpc) is 2.84. The third kappa shape index (κ3) is 4.97. The fraction of sp³-hybridized carbons (Fsp3) is 0.231. The molecule has 0 amide bonds. The molecule has 100 valence electrons. The Morgan fingerprint density at radius 1 is 1.37 bits per heavy atom. The second-order valence-electron chi connectivity index (χ2n) is 3.87. The van der Waals surface area contributed by atoms with Gasteiger partial charge < -0.3 is 5.11 Å². The number of thioether (sulfide) groups is 1. The summed E-state index contributed by atoms with van der Waals surface area (Å²) in [6, 6.07) is 8.16. The zero-order chi connectivity index (χ0) is 13.7. The molecule has 0 aliphatic carbocycles. The van der Waals surface area contributed by atoms with E-state index < -0.39 is 5.97 Å². The average molecular weight is 358 g/mol. The van der Waals surface area contributed by atoms with Gasteiger partial charge >= 0.3 is 5.97 Å². The summed E-state index contributed by atoms with van der Waals surface area (Å²) in [5.41, 5.74) is 0.874. The lowest BCUT2D eigenvalue weighted by Gasteiger charge is -1.99. The highest BCUT2D eigenvalue weighted by molar-refractivity contribution is 9.10. The Bertz CT molecular complexity index is 554. The largest absolute Gasteiger partial charge is 0.481 e. The van der Waals surface area contributed by atoms with E-state index in [2.05, 4.69) is 33.0 Å². The van der Waals surface area contributed by atoms with Crippen molar-refractivity contribution in [2.45, 2.75) is 23.5 Å². The Kier molecular flexibility index (Phi) is 5.42. The number of aromatic nitrogens is 1. The van der Waals surface area contributed by atoms with Crippen LogP contribution in [0.15, 0.2) is 39.0 Å². The lowest BCUT2D eigenvalue weighted by Crippen LogP contribution is -1.97. The number of carbonyl (C=O) groups is 1. The summed E-state index contributed by atoms with van der Waals surface area (Å²) in [7, 11) is 0. The summed E-state index contributed by atoms with van der Waals surface area (Å²) in [4.78, 5) is 16.1. The molecule has 3 nitrogen and oxygen atoms in total. The van der Waals surface area contributed by atoms with E-state index in [1.165, 1.54) is 4.90 Å². The van der Waals surface area contributed by atoms with Crippen LogP contribution in [0.2, 0.25) is 0 Å². The molecule has 0 radical (unpaired) electrons. The number of thiazole rings is 1. The van der Waals surface area contributed by atoms with Crippen molar-refractivity contribution in [3.8, 4) is 0 Å². The molecule has 0 saturated carbocycles. The molecule has 19 heavy (non-hydrogen) atoms. The van der Waals surface area contributed by atoms with E-state index in [0.29, 0.717) is 6.42 Å². The van der Waals surface area contributed by atoms with Gasteiger partial charge in [0.15, 0.2) is 0 Å². The smallest absolute Gasteiger partial charge is 0.303 e. The van der Waals surface area contributed by atoms with Crippen LogP contribution < -0.4 is 0 Å². The van der Waals surface area contributed by atoms with Gasteiger partial charge in [-0.15, -0.1) is 23.1 Å². The van der Waals surface area contributed by atoms with E-state index >= 15 is 0 Å². The summed E-state index contributed by atoms with van der Waals surface area (Å²) in [5, 5.41) is 11.6. The third-order valence-corrected chi connectivity index (χ3v) is 5.00. The molecule has 0 atom stereocenters. The molecule has 0 aliphatic heterocycles. The van der Waals surface area contributed by atoms with Gasteiger partial charge in [-0.05, 0) is 24.3 Å². The lowest BCUT2D eigenvalue weighted by molar-refractivity contribution is -0.136. The molecule has 0 spiro atoms. The number of aryl methyl sites for hydroxylation is 1. The van der Waals surface area contributed by atoms with Crippen LogP contribution in [0.3, 0.4) is 0 Å². The van der Waals surface area contributed by atoms with Gasteiger partial charge in [0.1, 0.15) is 5.01 Å². The number of aliphatic carboxylic acids is 1. The molecule has 1 aromatic carbocycles. The van der Waals surface area contributed by atoms with Crippen LogP contribution >= 0.6 is 39.0 Å². The van der Waals surface area contributed by atoms with E-state index in [0.717, 1.165) is 20.9 Å². The molecule has 6 heteroatoms. The maximum atomic E-state index is 10.5. The first-order valence-corrected chi connectivity index (χ1v) is 8.33. The molecule has 0 bridgehead atoms. The molecule has 0 fully saturated rings. The molecule has 1 heterocycles. The van der Waals surface area contributed by atoms with Crippen LogP contribution in [0.1, 0.15) is 17.1 Å². The third-order valence-electron chi connectivity index (χ3n) is 2.37. The molecular weight excluding hydrogens is 346 g/mol. The standard InChI is InChI=1S/C13H12BrNO2S2/c14-9-1-4-11(5-2-9)18-8-12-15-10(7-19-12)3-6-13(16)17/h1-2,4-5,7H,3,6,8H2,(H,16,17). The number of nitrogens with zero attached hydrogens (tertiary/aromatic N) is 1. The van der Waals surface area contributed by atoms with Crippen molar-refractivity contribution >= 4 is 45.0 Å². The van der Waals surface area contributed by atoms with Crippen molar-refractivity contribution in [3.05, 3.63) is 44.8 Å². The van der Waals surface area contributed by atoms with Crippen molar-refractivity contribution in [1.29, 1.82) is 0 Å². The molecule has 0 aliphatic rings. The monoisotopic (exact) mass is 357 g/mol. The summed E-state index contributed by atoms with van der Waals surface area (Å²) >= 11 is 6.73. The summed E-state index contributed by atoms with van der Waals surface area (Å²) < 4.78 is 1.07. The predicted octanol–water partition coefficient (Wildman–Crippen LogP) is 4.22. The first kappa shape index (κ1) is 14.6. The van der Waals surface area contributed by atoms with Crippen LogP contribution in [0.5, 0.6) is 0 Å². The zero-order valence-corrected chi connectivity index (χ0v) is 13.2. The number of hydrogen-bond donors (Lipinski definition) is 1. The van der Waals surface area contributed by atoms with Crippen LogP contribution in [-0.4, -0.2) is 16.1 Å². The van der Waals surface area contributed by atoms with Crippen molar-refractivity contribution in [1.82, 2.24) is 4.98 Å². The van der Waals surface area contributed by atoms with E-state index in [-0.39, 0.29) is 6.42 Å². The minimum atomic E-state index is -0.779. The molecule has 2 rings (SSSR count). The minimum Gasteiger partial charge on any atom is -0.481 e. The van der Waals surface area contributed by atoms with Crippen molar-refractivity contribution < 1.29 is 9.90 Å². The van der Waals surface area contributed by atoms with Gasteiger partial charge in [0.25, 0.3) is 0 Å². The Hall–Kier alpha value is -0.850. The SMILES string of the molecule is O=C(O)CCc1csc(CSc2ccc(Br)cc2)n1. The van der Waals surface area contributed by atoms with E-state index in [9.17, 15) is 4.79 Å². The van der Waals surface area contributed by atoms with Crippen LogP contribution in [-0.2, 0) is 17.0 Å². The van der Waals surface area contributed by atoms with Crippen molar-refractivity contribution in [3.63, 3.8) is 0 Å². The molecule has 1 N–H and O–H groups in total. The molecule has 1 aromatic heterocycles. The van der Waals surface area contributed by atoms with Gasteiger partial charge in [0.2, 0.25) is 0 Å². The van der Waals surface area contributed by atoms with Crippen LogP contribution in [0.25, 0.3) is 0 Å². The van der Waals surface area contributed by atoms with Gasteiger partial charge in [-0.25, -0.2) is 4.98 Å². The van der Waals surface area contributed by atoms with Crippen LogP contribution in [0.4, 0.5) is 0 Å². The Morgan fingerprint density at radius 3 is 2.79 bits per heavy atom. The predicted molar refractivity (Wildman–Crippen MR) is 81.8 cm³/mol. The number of carboxylic acids is 1. The normalized spacial score (nSPS) is 10.6. The van der Waals surface area contributed by atoms with E-state index in [1.807, 2.05) is 17.5 Å². The highest BCUT2D eigenvalue weighted by atomic mass is 79.9. The minimum absolute atomic E-state index is 0.142. The maximum Gasteiger partial charge on any atom is 0.303 e. The number of halogens is 1. The number of hydrogen-bond acceptors (Lipinski definition) is 4. The second kappa shape index (κ2) is 7.07. The molecule has 0 unspecified atom stereocenters. The van der Waals surface area contributed by atoms with Gasteiger partial charge in [0, 0.05) is 21.2 Å². The topological polar surface area (TPSA) is 50.2 Å². The molecule has 2 aromatic rings. The summed E-state index contributed by atoms with van der Waals surface area (Å²) in [6.45, 7) is 0. The highest BCUT2D eigenvalue weighted by Crippen LogP contribution is 2.25. The second-order valence-corrected chi connectivity index (χ2v) is 6.78. The first-order chi connectivity index (χ1) is 9.13. The number of rotatable bonds is 6. The number of carboxylic acid groups (broad SMARTS) is 1. The number of benzene rings is 1. The summed E-state index contributed by atoms with van der Waals surface area (Å²) in [6.07, 6.45) is 0.651. The van der Waals surface area contributed by atoms with E-state index in [4.69, 9.17) is 5.11 Å². The van der Waals surface area contributed by atoms with Gasteiger partial charge in [-0.3, -0.25) is 4.79 Å². The highest BCUT2D eigenvalue weighted by Gasteiger charge is 2.05.